The maximum absolute atomic E-state index is 12.3. The normalized spacial score (nSPS) is 20.0. The molecule has 0 amide bonds. The van der Waals surface area contributed by atoms with Gasteiger partial charge < -0.3 is 5.32 Å². The molecule has 0 saturated heterocycles. The van der Waals surface area contributed by atoms with E-state index in [1.54, 1.807) is 0 Å². The van der Waals surface area contributed by atoms with Crippen LogP contribution in [0.2, 0.25) is 0 Å². The lowest BCUT2D eigenvalue weighted by atomic mass is 9.87. The van der Waals surface area contributed by atoms with E-state index in [0.717, 1.165) is 25.1 Å². The fourth-order valence-electron chi connectivity index (χ4n) is 2.46. The Hall–Kier alpha value is -1.31. The van der Waals surface area contributed by atoms with E-state index in [4.69, 9.17) is 0 Å². The van der Waals surface area contributed by atoms with Crippen molar-refractivity contribution in [3.63, 3.8) is 0 Å². The molecule has 1 N–H and O–H groups in total. The van der Waals surface area contributed by atoms with E-state index >= 15 is 0 Å². The van der Waals surface area contributed by atoms with Crippen molar-refractivity contribution in [1.29, 1.82) is 0 Å². The number of fused-ring (bicyclic) bond motifs is 1. The van der Waals surface area contributed by atoms with Crippen LogP contribution in [-0.2, 0) is 4.79 Å². The van der Waals surface area contributed by atoms with Crippen LogP contribution in [0.4, 0.5) is 5.69 Å². The average Bonchev–Trinajstić information content (AvgIpc) is 2.72. The minimum atomic E-state index is 0.0674. The van der Waals surface area contributed by atoms with Gasteiger partial charge in [0.25, 0.3) is 0 Å². The molecule has 16 heavy (non-hydrogen) atoms. The second-order valence-corrected chi connectivity index (χ2v) is 4.61. The summed E-state index contributed by atoms with van der Waals surface area (Å²) in [5.41, 5.74) is 2.31. The molecule has 0 bridgehead atoms. The number of carbonyl (C=O) groups excluding carboxylic acids is 1. The summed E-state index contributed by atoms with van der Waals surface area (Å²) in [7, 11) is 0. The van der Waals surface area contributed by atoms with E-state index in [0.29, 0.717) is 5.78 Å². The SMILES string of the molecule is CCCC(C)C(=O)C1CNc2ccccc21. The average molecular weight is 217 g/mol. The smallest absolute Gasteiger partial charge is 0.144 e. The lowest BCUT2D eigenvalue weighted by molar-refractivity contribution is -0.123. The summed E-state index contributed by atoms with van der Waals surface area (Å²) in [6, 6.07) is 8.13. The highest BCUT2D eigenvalue weighted by atomic mass is 16.1. The highest BCUT2D eigenvalue weighted by Crippen LogP contribution is 2.33. The van der Waals surface area contributed by atoms with Crippen molar-refractivity contribution in [2.24, 2.45) is 5.92 Å². The summed E-state index contributed by atoms with van der Waals surface area (Å²) in [5, 5.41) is 3.31. The minimum absolute atomic E-state index is 0.0674. The molecule has 86 valence electrons. The number of para-hydroxylation sites is 1. The number of carbonyl (C=O) groups is 1. The molecule has 1 aromatic rings. The van der Waals surface area contributed by atoms with Crippen molar-refractivity contribution in [2.75, 3.05) is 11.9 Å². The van der Waals surface area contributed by atoms with Crippen molar-refractivity contribution < 1.29 is 4.79 Å². The van der Waals surface area contributed by atoms with Crippen LogP contribution in [0.3, 0.4) is 0 Å². The number of ketones is 1. The summed E-state index contributed by atoms with van der Waals surface area (Å²) >= 11 is 0. The van der Waals surface area contributed by atoms with Crippen LogP contribution in [0.5, 0.6) is 0 Å². The molecule has 1 heterocycles. The van der Waals surface area contributed by atoms with Gasteiger partial charge in [-0.05, 0) is 18.1 Å². The standard InChI is InChI=1S/C14H19NO/c1-3-6-10(2)14(16)12-9-15-13-8-5-4-7-11(12)13/h4-5,7-8,10,12,15H,3,6,9H2,1-2H3. The molecular weight excluding hydrogens is 198 g/mol. The number of anilines is 1. The number of Topliss-reactive ketones (excluding diaryl/α,β-unsaturated/α-hetero) is 1. The Kier molecular flexibility index (Phi) is 3.28. The summed E-state index contributed by atoms with van der Waals surface area (Å²) in [6.07, 6.45) is 2.08. The molecule has 0 spiro atoms. The summed E-state index contributed by atoms with van der Waals surface area (Å²) < 4.78 is 0. The van der Waals surface area contributed by atoms with Crippen LogP contribution in [-0.4, -0.2) is 12.3 Å². The van der Waals surface area contributed by atoms with E-state index in [2.05, 4.69) is 18.3 Å². The third-order valence-corrected chi connectivity index (χ3v) is 3.38. The van der Waals surface area contributed by atoms with Gasteiger partial charge in [0.05, 0.1) is 5.92 Å². The highest BCUT2D eigenvalue weighted by molar-refractivity contribution is 5.91. The van der Waals surface area contributed by atoms with E-state index in [-0.39, 0.29) is 11.8 Å². The van der Waals surface area contributed by atoms with Crippen LogP contribution in [0.1, 0.15) is 38.2 Å². The Morgan fingerprint density at radius 2 is 2.25 bits per heavy atom. The van der Waals surface area contributed by atoms with Gasteiger partial charge in [0.1, 0.15) is 5.78 Å². The van der Waals surface area contributed by atoms with Crippen LogP contribution in [0.15, 0.2) is 24.3 Å². The van der Waals surface area contributed by atoms with Crippen molar-refractivity contribution >= 4 is 11.5 Å². The number of nitrogens with one attached hydrogen (secondary N) is 1. The first-order valence-corrected chi connectivity index (χ1v) is 6.10. The Morgan fingerprint density at radius 1 is 1.50 bits per heavy atom. The first kappa shape index (κ1) is 11.2. The summed E-state index contributed by atoms with van der Waals surface area (Å²) in [4.78, 5) is 12.3. The van der Waals surface area contributed by atoms with Gasteiger partial charge in [-0.3, -0.25) is 4.79 Å². The van der Waals surface area contributed by atoms with Gasteiger partial charge in [-0.1, -0.05) is 38.5 Å². The maximum Gasteiger partial charge on any atom is 0.144 e. The van der Waals surface area contributed by atoms with Crippen LogP contribution < -0.4 is 5.32 Å². The predicted octanol–water partition coefficient (Wildman–Crippen LogP) is 3.20. The third kappa shape index (κ3) is 1.97. The molecule has 2 atom stereocenters. The minimum Gasteiger partial charge on any atom is -0.384 e. The first-order chi connectivity index (χ1) is 7.74. The quantitative estimate of drug-likeness (QED) is 0.839. The highest BCUT2D eigenvalue weighted by Gasteiger charge is 2.30. The molecule has 2 unspecified atom stereocenters. The molecule has 0 fully saturated rings. The zero-order valence-electron chi connectivity index (χ0n) is 9.99. The second-order valence-electron chi connectivity index (χ2n) is 4.61. The number of benzene rings is 1. The Labute approximate surface area is 97.1 Å². The van der Waals surface area contributed by atoms with Gasteiger partial charge in [-0.15, -0.1) is 0 Å². The Morgan fingerprint density at radius 3 is 3.00 bits per heavy atom. The molecule has 2 heteroatoms. The Bertz CT molecular complexity index is 386. The molecule has 2 nitrogen and oxygen atoms in total. The van der Waals surface area contributed by atoms with E-state index < -0.39 is 0 Å². The van der Waals surface area contributed by atoms with Gasteiger partial charge in [-0.2, -0.15) is 0 Å². The largest absolute Gasteiger partial charge is 0.384 e. The number of rotatable bonds is 4. The molecule has 0 aromatic heterocycles. The van der Waals surface area contributed by atoms with Crippen LogP contribution >= 0.6 is 0 Å². The van der Waals surface area contributed by atoms with Crippen LogP contribution in [0.25, 0.3) is 0 Å². The Balaban J connectivity index is 2.16. The van der Waals surface area contributed by atoms with Crippen molar-refractivity contribution in [1.82, 2.24) is 0 Å². The molecule has 0 radical (unpaired) electrons. The molecule has 0 aliphatic carbocycles. The molecule has 1 aliphatic heterocycles. The fraction of sp³-hybridized carbons (Fsp3) is 0.500. The zero-order chi connectivity index (χ0) is 11.5. The van der Waals surface area contributed by atoms with Gasteiger partial charge in [0, 0.05) is 18.2 Å². The van der Waals surface area contributed by atoms with Gasteiger partial charge >= 0.3 is 0 Å². The molecule has 1 aromatic carbocycles. The topological polar surface area (TPSA) is 29.1 Å². The van der Waals surface area contributed by atoms with Crippen LogP contribution in [0, 0.1) is 5.92 Å². The lowest BCUT2D eigenvalue weighted by Gasteiger charge is -2.14. The van der Waals surface area contributed by atoms with Gasteiger partial charge in [-0.25, -0.2) is 0 Å². The summed E-state index contributed by atoms with van der Waals surface area (Å²) in [5.74, 6) is 0.639. The number of hydrogen-bond acceptors (Lipinski definition) is 2. The van der Waals surface area contributed by atoms with Crippen molar-refractivity contribution in [2.45, 2.75) is 32.6 Å². The van der Waals surface area contributed by atoms with Gasteiger partial charge in [0.15, 0.2) is 0 Å². The van der Waals surface area contributed by atoms with E-state index in [9.17, 15) is 4.79 Å². The molecule has 1 aliphatic rings. The van der Waals surface area contributed by atoms with Crippen molar-refractivity contribution in [3.05, 3.63) is 29.8 Å². The predicted molar refractivity (Wildman–Crippen MR) is 66.8 cm³/mol. The monoisotopic (exact) mass is 217 g/mol. The number of hydrogen-bond donors (Lipinski definition) is 1. The van der Waals surface area contributed by atoms with Gasteiger partial charge in [0.2, 0.25) is 0 Å². The second kappa shape index (κ2) is 4.69. The molecule has 2 rings (SSSR count). The first-order valence-electron chi connectivity index (χ1n) is 6.10. The molecule has 0 saturated carbocycles. The van der Waals surface area contributed by atoms with E-state index in [1.165, 1.54) is 5.56 Å². The zero-order valence-corrected chi connectivity index (χ0v) is 9.99. The fourth-order valence-corrected chi connectivity index (χ4v) is 2.46. The van der Waals surface area contributed by atoms with E-state index in [1.807, 2.05) is 25.1 Å². The van der Waals surface area contributed by atoms with Crippen molar-refractivity contribution in [3.8, 4) is 0 Å². The summed E-state index contributed by atoms with van der Waals surface area (Å²) in [6.45, 7) is 4.95. The maximum atomic E-state index is 12.3. The third-order valence-electron chi connectivity index (χ3n) is 3.38. The lowest BCUT2D eigenvalue weighted by Crippen LogP contribution is -2.21. The molecular formula is C14H19NO.